The average molecular weight is 308 g/mol. The van der Waals surface area contributed by atoms with Gasteiger partial charge in [0.05, 0.1) is 12.9 Å². The van der Waals surface area contributed by atoms with E-state index in [2.05, 4.69) is 10.6 Å². The first-order chi connectivity index (χ1) is 10.2. The molecular weight excluding hydrogens is 292 g/mol. The summed E-state index contributed by atoms with van der Waals surface area (Å²) in [7, 11) is 0. The quantitative estimate of drug-likeness (QED) is 0.719. The Bertz CT molecular complexity index is 566. The molecule has 2 aromatic heterocycles. The highest BCUT2D eigenvalue weighted by molar-refractivity contribution is 7.08. The second-order valence-corrected chi connectivity index (χ2v) is 5.12. The summed E-state index contributed by atoms with van der Waals surface area (Å²) < 4.78 is 5.14. The van der Waals surface area contributed by atoms with E-state index in [4.69, 9.17) is 4.42 Å². The first kappa shape index (κ1) is 15.3. The smallest absolute Gasteiger partial charge is 0.252 e. The number of carbonyl (C=O) groups excluding carboxylic acids is 2. The number of aliphatic hydroxyl groups is 1. The van der Waals surface area contributed by atoms with Crippen LogP contribution in [0, 0.1) is 0 Å². The molecule has 2 amide bonds. The molecule has 2 heterocycles. The molecule has 0 aliphatic heterocycles. The average Bonchev–Trinajstić information content (AvgIpc) is 3.17. The Morgan fingerprint density at radius 1 is 1.38 bits per heavy atom. The first-order valence-corrected chi connectivity index (χ1v) is 7.39. The van der Waals surface area contributed by atoms with Gasteiger partial charge in [0.25, 0.3) is 5.91 Å². The fourth-order valence-corrected chi connectivity index (χ4v) is 2.38. The van der Waals surface area contributed by atoms with Crippen molar-refractivity contribution in [3.05, 3.63) is 46.5 Å². The van der Waals surface area contributed by atoms with Crippen LogP contribution in [0.2, 0.25) is 0 Å². The van der Waals surface area contributed by atoms with Crippen LogP contribution >= 0.6 is 11.3 Å². The number of furan rings is 1. The van der Waals surface area contributed by atoms with E-state index in [-0.39, 0.29) is 31.4 Å². The highest BCUT2D eigenvalue weighted by atomic mass is 32.1. The minimum Gasteiger partial charge on any atom is -0.467 e. The molecule has 0 saturated heterocycles. The van der Waals surface area contributed by atoms with E-state index in [0.717, 1.165) is 0 Å². The summed E-state index contributed by atoms with van der Waals surface area (Å²) in [5.74, 6) is 0.0259. The SMILES string of the molecule is O=C(CCNC(=O)c1ccsc1)NC(CO)c1ccco1. The number of aliphatic hydroxyl groups excluding tert-OH is 1. The number of hydrogen-bond donors (Lipinski definition) is 3. The molecule has 6 nitrogen and oxygen atoms in total. The van der Waals surface area contributed by atoms with E-state index in [0.29, 0.717) is 11.3 Å². The summed E-state index contributed by atoms with van der Waals surface area (Å²) in [6, 6.07) is 4.52. The third-order valence-electron chi connectivity index (χ3n) is 2.83. The highest BCUT2D eigenvalue weighted by Gasteiger charge is 2.16. The molecule has 1 unspecified atom stereocenters. The van der Waals surface area contributed by atoms with E-state index < -0.39 is 6.04 Å². The van der Waals surface area contributed by atoms with Crippen molar-refractivity contribution in [2.45, 2.75) is 12.5 Å². The van der Waals surface area contributed by atoms with Gasteiger partial charge in [-0.3, -0.25) is 9.59 Å². The van der Waals surface area contributed by atoms with E-state index in [1.807, 2.05) is 5.38 Å². The fourth-order valence-electron chi connectivity index (χ4n) is 1.75. The third kappa shape index (κ3) is 4.44. The standard InChI is InChI=1S/C14H16N2O4S/c17-8-11(12-2-1-6-20-12)16-13(18)3-5-15-14(19)10-4-7-21-9-10/h1-2,4,6-7,9,11,17H,3,5,8H2,(H,15,19)(H,16,18). The summed E-state index contributed by atoms with van der Waals surface area (Å²) in [5, 5.41) is 18.1. The first-order valence-electron chi connectivity index (χ1n) is 6.44. The summed E-state index contributed by atoms with van der Waals surface area (Å²) in [5.41, 5.74) is 0.587. The fraction of sp³-hybridized carbons (Fsp3) is 0.286. The van der Waals surface area contributed by atoms with Crippen LogP contribution in [0.25, 0.3) is 0 Å². The zero-order valence-corrected chi connectivity index (χ0v) is 12.1. The molecule has 1 atom stereocenters. The Kier molecular flexibility index (Phi) is 5.53. The molecule has 0 spiro atoms. The second kappa shape index (κ2) is 7.61. The normalized spacial score (nSPS) is 11.9. The van der Waals surface area contributed by atoms with Gasteiger partial charge < -0.3 is 20.2 Å². The number of rotatable bonds is 7. The van der Waals surface area contributed by atoms with E-state index in [1.165, 1.54) is 17.6 Å². The van der Waals surface area contributed by atoms with E-state index >= 15 is 0 Å². The summed E-state index contributed by atoms with van der Waals surface area (Å²) in [4.78, 5) is 23.4. The van der Waals surface area contributed by atoms with Gasteiger partial charge in [0, 0.05) is 23.9 Å². The number of carbonyl (C=O) groups is 2. The van der Waals surface area contributed by atoms with Gasteiger partial charge in [-0.15, -0.1) is 0 Å². The lowest BCUT2D eigenvalue weighted by Gasteiger charge is -2.14. The maximum Gasteiger partial charge on any atom is 0.252 e. The van der Waals surface area contributed by atoms with Crippen LogP contribution in [0.4, 0.5) is 0 Å². The summed E-state index contributed by atoms with van der Waals surface area (Å²) >= 11 is 1.44. The lowest BCUT2D eigenvalue weighted by molar-refractivity contribution is -0.122. The van der Waals surface area contributed by atoms with Crippen LogP contribution < -0.4 is 10.6 Å². The minimum atomic E-state index is -0.569. The molecule has 0 bridgehead atoms. The van der Waals surface area contributed by atoms with E-state index in [1.54, 1.807) is 23.6 Å². The van der Waals surface area contributed by atoms with Crippen LogP contribution in [0.15, 0.2) is 39.6 Å². The summed E-state index contributed by atoms with van der Waals surface area (Å²) in [6.45, 7) is -0.0165. The van der Waals surface area contributed by atoms with Gasteiger partial charge in [-0.25, -0.2) is 0 Å². The van der Waals surface area contributed by atoms with Crippen molar-refractivity contribution in [1.29, 1.82) is 0 Å². The molecule has 0 radical (unpaired) electrons. The predicted molar refractivity (Wildman–Crippen MR) is 77.9 cm³/mol. The number of thiophene rings is 1. The van der Waals surface area contributed by atoms with Crippen LogP contribution in [-0.4, -0.2) is 30.1 Å². The van der Waals surface area contributed by atoms with Gasteiger partial charge in [0.1, 0.15) is 11.8 Å². The molecule has 112 valence electrons. The Labute approximate surface area is 125 Å². The van der Waals surface area contributed by atoms with Crippen molar-refractivity contribution in [3.63, 3.8) is 0 Å². The third-order valence-corrected chi connectivity index (χ3v) is 3.51. The zero-order chi connectivity index (χ0) is 15.1. The summed E-state index contributed by atoms with van der Waals surface area (Å²) in [6.07, 6.45) is 1.61. The van der Waals surface area contributed by atoms with Gasteiger partial charge in [0.2, 0.25) is 5.91 Å². The van der Waals surface area contributed by atoms with Crippen LogP contribution in [-0.2, 0) is 4.79 Å². The van der Waals surface area contributed by atoms with Gasteiger partial charge in [-0.05, 0) is 23.6 Å². The van der Waals surface area contributed by atoms with Crippen molar-refractivity contribution in [2.24, 2.45) is 0 Å². The topological polar surface area (TPSA) is 91.6 Å². The van der Waals surface area contributed by atoms with Crippen molar-refractivity contribution in [1.82, 2.24) is 10.6 Å². The Morgan fingerprint density at radius 2 is 2.24 bits per heavy atom. The highest BCUT2D eigenvalue weighted by Crippen LogP contribution is 2.12. The predicted octanol–water partition coefficient (Wildman–Crippen LogP) is 1.31. The van der Waals surface area contributed by atoms with Gasteiger partial charge in [-0.1, -0.05) is 0 Å². The van der Waals surface area contributed by atoms with Crippen LogP contribution in [0.1, 0.15) is 28.6 Å². The monoisotopic (exact) mass is 308 g/mol. The molecule has 2 aromatic rings. The number of hydrogen-bond acceptors (Lipinski definition) is 5. The maximum atomic E-state index is 11.8. The van der Waals surface area contributed by atoms with Crippen molar-refractivity contribution in [3.8, 4) is 0 Å². The maximum absolute atomic E-state index is 11.8. The lowest BCUT2D eigenvalue weighted by Crippen LogP contribution is -2.34. The van der Waals surface area contributed by atoms with Gasteiger partial charge in [0.15, 0.2) is 0 Å². The van der Waals surface area contributed by atoms with Crippen molar-refractivity contribution < 1.29 is 19.1 Å². The number of nitrogens with one attached hydrogen (secondary N) is 2. The largest absolute Gasteiger partial charge is 0.467 e. The molecular formula is C14H16N2O4S. The van der Waals surface area contributed by atoms with Gasteiger partial charge >= 0.3 is 0 Å². The second-order valence-electron chi connectivity index (χ2n) is 4.34. The van der Waals surface area contributed by atoms with E-state index in [9.17, 15) is 14.7 Å². The zero-order valence-electron chi connectivity index (χ0n) is 11.2. The molecule has 0 fully saturated rings. The lowest BCUT2D eigenvalue weighted by atomic mass is 10.2. The molecule has 0 aliphatic rings. The molecule has 0 aromatic carbocycles. The number of amides is 2. The minimum absolute atomic E-state index is 0.132. The molecule has 3 N–H and O–H groups in total. The van der Waals surface area contributed by atoms with Crippen LogP contribution in [0.5, 0.6) is 0 Å². The Morgan fingerprint density at radius 3 is 2.86 bits per heavy atom. The molecule has 21 heavy (non-hydrogen) atoms. The van der Waals surface area contributed by atoms with Crippen molar-refractivity contribution >= 4 is 23.2 Å². The molecule has 7 heteroatoms. The molecule has 0 aliphatic carbocycles. The van der Waals surface area contributed by atoms with Crippen LogP contribution in [0.3, 0.4) is 0 Å². The molecule has 2 rings (SSSR count). The van der Waals surface area contributed by atoms with Crippen molar-refractivity contribution in [2.75, 3.05) is 13.2 Å². The van der Waals surface area contributed by atoms with Gasteiger partial charge in [-0.2, -0.15) is 11.3 Å². The Hall–Kier alpha value is -2.12. The molecule has 0 saturated carbocycles. The Balaban J connectivity index is 1.73.